The van der Waals surface area contributed by atoms with Gasteiger partial charge < -0.3 is 9.47 Å². The predicted octanol–water partition coefficient (Wildman–Crippen LogP) is 3.11. The molecule has 8 heteroatoms. The molecule has 0 radical (unpaired) electrons. The van der Waals surface area contributed by atoms with Gasteiger partial charge in [0.15, 0.2) is 5.13 Å². The molecule has 0 saturated heterocycles. The summed E-state index contributed by atoms with van der Waals surface area (Å²) >= 11 is 1.41. The highest BCUT2D eigenvalue weighted by atomic mass is 32.1. The standard InChI is InChI=1S/C16H16N4O3S/c1-9-8-17-16(24-9)18-15(21)13-7-12(19-20-13)11-5-4-10(22-2)6-14(11)23-3/h4-8H,1-3H3,(H,19,20)(H,17,18,21). The van der Waals surface area contributed by atoms with Crippen molar-refractivity contribution < 1.29 is 14.3 Å². The van der Waals surface area contributed by atoms with Gasteiger partial charge in [-0.1, -0.05) is 0 Å². The highest BCUT2D eigenvalue weighted by Crippen LogP contribution is 2.32. The van der Waals surface area contributed by atoms with Crippen molar-refractivity contribution in [2.45, 2.75) is 6.92 Å². The minimum atomic E-state index is -0.296. The summed E-state index contributed by atoms with van der Waals surface area (Å²) in [7, 11) is 3.16. The Balaban J connectivity index is 1.84. The maximum Gasteiger partial charge on any atom is 0.275 e. The van der Waals surface area contributed by atoms with Crippen molar-refractivity contribution in [1.29, 1.82) is 0 Å². The Kier molecular flexibility index (Phi) is 4.48. The highest BCUT2D eigenvalue weighted by molar-refractivity contribution is 7.15. The molecule has 2 heterocycles. The number of thiazole rings is 1. The van der Waals surface area contributed by atoms with Crippen LogP contribution in [0.25, 0.3) is 11.3 Å². The molecule has 0 unspecified atom stereocenters. The van der Waals surface area contributed by atoms with Gasteiger partial charge in [-0.3, -0.25) is 15.2 Å². The van der Waals surface area contributed by atoms with E-state index in [0.717, 1.165) is 10.4 Å². The zero-order valence-electron chi connectivity index (χ0n) is 13.4. The number of ether oxygens (including phenoxy) is 2. The largest absolute Gasteiger partial charge is 0.497 e. The fourth-order valence-electron chi connectivity index (χ4n) is 2.16. The third kappa shape index (κ3) is 3.23. The number of nitrogens with zero attached hydrogens (tertiary/aromatic N) is 2. The summed E-state index contributed by atoms with van der Waals surface area (Å²) in [5.41, 5.74) is 1.71. The lowest BCUT2D eigenvalue weighted by Gasteiger charge is -2.08. The number of amides is 1. The lowest BCUT2D eigenvalue weighted by Crippen LogP contribution is -2.11. The van der Waals surface area contributed by atoms with Gasteiger partial charge in [0.05, 0.1) is 19.9 Å². The second kappa shape index (κ2) is 6.71. The first kappa shape index (κ1) is 16.0. The number of nitrogens with one attached hydrogen (secondary N) is 2. The van der Waals surface area contributed by atoms with Crippen molar-refractivity contribution in [3.8, 4) is 22.8 Å². The van der Waals surface area contributed by atoms with E-state index in [1.54, 1.807) is 32.5 Å². The Bertz CT molecular complexity index is 872. The normalized spacial score (nSPS) is 10.5. The molecule has 0 spiro atoms. The van der Waals surface area contributed by atoms with Crippen LogP contribution in [0.3, 0.4) is 0 Å². The number of aromatic nitrogens is 3. The van der Waals surface area contributed by atoms with Crippen LogP contribution in [0.15, 0.2) is 30.5 Å². The summed E-state index contributed by atoms with van der Waals surface area (Å²) in [6.45, 7) is 1.93. The number of aromatic amines is 1. The van der Waals surface area contributed by atoms with Gasteiger partial charge in [0.2, 0.25) is 0 Å². The molecule has 0 saturated carbocycles. The van der Waals surface area contributed by atoms with E-state index in [0.29, 0.717) is 28.0 Å². The molecule has 124 valence electrons. The molecule has 0 aliphatic rings. The molecule has 2 aromatic heterocycles. The van der Waals surface area contributed by atoms with Gasteiger partial charge in [-0.25, -0.2) is 4.98 Å². The van der Waals surface area contributed by atoms with Crippen LogP contribution < -0.4 is 14.8 Å². The molecular formula is C16H16N4O3S. The molecule has 0 fully saturated rings. The summed E-state index contributed by atoms with van der Waals surface area (Å²) < 4.78 is 10.5. The third-order valence-corrected chi connectivity index (χ3v) is 4.18. The molecule has 0 bridgehead atoms. The second-order valence-corrected chi connectivity index (χ2v) is 6.20. The van der Waals surface area contributed by atoms with Crippen molar-refractivity contribution in [1.82, 2.24) is 15.2 Å². The van der Waals surface area contributed by atoms with E-state index >= 15 is 0 Å². The zero-order valence-corrected chi connectivity index (χ0v) is 14.2. The van der Waals surface area contributed by atoms with Crippen molar-refractivity contribution in [2.75, 3.05) is 19.5 Å². The van der Waals surface area contributed by atoms with Crippen molar-refractivity contribution >= 4 is 22.4 Å². The summed E-state index contributed by atoms with van der Waals surface area (Å²) in [5.74, 6) is 1.00. The number of anilines is 1. The van der Waals surface area contributed by atoms with Gasteiger partial charge in [-0.05, 0) is 25.1 Å². The van der Waals surface area contributed by atoms with E-state index in [2.05, 4.69) is 20.5 Å². The molecule has 1 amide bonds. The van der Waals surface area contributed by atoms with E-state index in [1.165, 1.54) is 11.3 Å². The number of carbonyl (C=O) groups is 1. The van der Waals surface area contributed by atoms with Crippen molar-refractivity contribution in [2.24, 2.45) is 0 Å². The summed E-state index contributed by atoms with van der Waals surface area (Å²) in [6, 6.07) is 7.08. The monoisotopic (exact) mass is 344 g/mol. The minimum Gasteiger partial charge on any atom is -0.497 e. The van der Waals surface area contributed by atoms with Crippen LogP contribution in [-0.4, -0.2) is 35.3 Å². The zero-order chi connectivity index (χ0) is 17.1. The van der Waals surface area contributed by atoms with Crippen LogP contribution in [-0.2, 0) is 0 Å². The van der Waals surface area contributed by atoms with Gasteiger partial charge in [0, 0.05) is 22.7 Å². The van der Waals surface area contributed by atoms with Crippen LogP contribution in [0.5, 0.6) is 11.5 Å². The number of aryl methyl sites for hydroxylation is 1. The van der Waals surface area contributed by atoms with Crippen LogP contribution in [0.2, 0.25) is 0 Å². The lowest BCUT2D eigenvalue weighted by molar-refractivity contribution is 0.102. The van der Waals surface area contributed by atoms with E-state index in [9.17, 15) is 4.79 Å². The molecule has 24 heavy (non-hydrogen) atoms. The van der Waals surface area contributed by atoms with Crippen LogP contribution in [0, 0.1) is 6.92 Å². The summed E-state index contributed by atoms with van der Waals surface area (Å²) in [5, 5.41) is 10.2. The predicted molar refractivity (Wildman–Crippen MR) is 91.9 cm³/mol. The number of H-pyrrole nitrogens is 1. The van der Waals surface area contributed by atoms with Gasteiger partial charge >= 0.3 is 0 Å². The molecule has 0 aliphatic heterocycles. The maximum absolute atomic E-state index is 12.3. The van der Waals surface area contributed by atoms with E-state index < -0.39 is 0 Å². The van der Waals surface area contributed by atoms with E-state index in [1.807, 2.05) is 19.1 Å². The van der Waals surface area contributed by atoms with Gasteiger partial charge in [-0.2, -0.15) is 5.10 Å². The molecule has 3 aromatic rings. The Hall–Kier alpha value is -2.87. The fraction of sp³-hybridized carbons (Fsp3) is 0.188. The average molecular weight is 344 g/mol. The SMILES string of the molecule is COc1ccc(-c2cc(C(=O)Nc3ncc(C)s3)[nH]n2)c(OC)c1. The average Bonchev–Trinajstić information content (AvgIpc) is 3.23. The van der Waals surface area contributed by atoms with E-state index in [4.69, 9.17) is 9.47 Å². The maximum atomic E-state index is 12.3. The molecule has 1 aromatic carbocycles. The van der Waals surface area contributed by atoms with Gasteiger partial charge in [0.25, 0.3) is 5.91 Å². The first-order valence-corrected chi connectivity index (χ1v) is 7.94. The van der Waals surface area contributed by atoms with Gasteiger partial charge in [-0.15, -0.1) is 11.3 Å². The first-order chi connectivity index (χ1) is 11.6. The smallest absolute Gasteiger partial charge is 0.275 e. The number of hydrogen-bond acceptors (Lipinski definition) is 6. The molecule has 0 atom stereocenters. The van der Waals surface area contributed by atoms with Gasteiger partial charge in [0.1, 0.15) is 17.2 Å². The summed E-state index contributed by atoms with van der Waals surface area (Å²) in [6.07, 6.45) is 1.71. The van der Waals surface area contributed by atoms with Crippen LogP contribution in [0.4, 0.5) is 5.13 Å². The topological polar surface area (TPSA) is 89.1 Å². The first-order valence-electron chi connectivity index (χ1n) is 7.12. The number of benzene rings is 1. The fourth-order valence-corrected chi connectivity index (χ4v) is 2.82. The van der Waals surface area contributed by atoms with Crippen molar-refractivity contribution in [3.05, 3.63) is 41.0 Å². The number of methoxy groups -OCH3 is 2. The Labute approximate surface area is 142 Å². The molecule has 0 aliphatic carbocycles. The Morgan fingerprint density at radius 3 is 2.75 bits per heavy atom. The molecule has 2 N–H and O–H groups in total. The highest BCUT2D eigenvalue weighted by Gasteiger charge is 2.15. The third-order valence-electron chi connectivity index (χ3n) is 3.35. The summed E-state index contributed by atoms with van der Waals surface area (Å²) in [4.78, 5) is 17.4. The van der Waals surface area contributed by atoms with Crippen molar-refractivity contribution in [3.63, 3.8) is 0 Å². The van der Waals surface area contributed by atoms with E-state index in [-0.39, 0.29) is 5.91 Å². The number of carbonyl (C=O) groups excluding carboxylic acids is 1. The van der Waals surface area contributed by atoms with Crippen LogP contribution in [0.1, 0.15) is 15.4 Å². The van der Waals surface area contributed by atoms with Crippen LogP contribution >= 0.6 is 11.3 Å². The second-order valence-electron chi connectivity index (χ2n) is 4.96. The Morgan fingerprint density at radius 2 is 2.08 bits per heavy atom. The number of rotatable bonds is 5. The molecular weight excluding hydrogens is 328 g/mol. The molecule has 3 rings (SSSR count). The molecule has 7 nitrogen and oxygen atoms in total. The quantitative estimate of drug-likeness (QED) is 0.742. The Morgan fingerprint density at radius 1 is 1.25 bits per heavy atom. The minimum absolute atomic E-state index is 0.296. The lowest BCUT2D eigenvalue weighted by atomic mass is 10.1. The number of hydrogen-bond donors (Lipinski definition) is 2.